The molecule has 3 rings (SSSR count). The lowest BCUT2D eigenvalue weighted by atomic mass is 10.2. The number of halogens is 1. The highest BCUT2D eigenvalue weighted by Gasteiger charge is 2.11. The number of para-hydroxylation sites is 1. The van der Waals surface area contributed by atoms with Crippen LogP contribution in [0, 0.1) is 0 Å². The first-order valence-electron chi connectivity index (χ1n) is 7.26. The molecular formula is C18H18ClNO2. The van der Waals surface area contributed by atoms with E-state index in [9.17, 15) is 0 Å². The van der Waals surface area contributed by atoms with Crippen molar-refractivity contribution < 1.29 is 9.47 Å². The van der Waals surface area contributed by atoms with Crippen molar-refractivity contribution in [1.82, 2.24) is 4.57 Å². The summed E-state index contributed by atoms with van der Waals surface area (Å²) < 4.78 is 13.2. The highest BCUT2D eigenvalue weighted by Crippen LogP contribution is 2.29. The number of aromatic nitrogens is 1. The number of aryl methyl sites for hydroxylation is 1. The van der Waals surface area contributed by atoms with Crippen LogP contribution in [0.5, 0.6) is 11.5 Å². The van der Waals surface area contributed by atoms with E-state index in [2.05, 4.69) is 23.8 Å². The van der Waals surface area contributed by atoms with Gasteiger partial charge in [-0.05, 0) is 37.3 Å². The molecule has 0 atom stereocenters. The minimum atomic E-state index is 0.510. The van der Waals surface area contributed by atoms with Crippen molar-refractivity contribution in [1.29, 1.82) is 0 Å². The van der Waals surface area contributed by atoms with Gasteiger partial charge in [-0.2, -0.15) is 0 Å². The molecule has 0 fully saturated rings. The molecule has 0 unspecified atom stereocenters. The predicted molar refractivity (Wildman–Crippen MR) is 89.9 cm³/mol. The molecule has 0 spiro atoms. The van der Waals surface area contributed by atoms with Gasteiger partial charge in [-0.3, -0.25) is 0 Å². The Hall–Kier alpha value is -2.13. The average molecular weight is 316 g/mol. The van der Waals surface area contributed by atoms with Gasteiger partial charge in [0.25, 0.3) is 0 Å². The van der Waals surface area contributed by atoms with Crippen LogP contribution in [0.3, 0.4) is 0 Å². The second-order valence-electron chi connectivity index (χ2n) is 5.04. The van der Waals surface area contributed by atoms with Gasteiger partial charge >= 0.3 is 0 Å². The minimum absolute atomic E-state index is 0.510. The smallest absolute Gasteiger partial charge is 0.120 e. The fourth-order valence-corrected chi connectivity index (χ4v) is 2.87. The Kier molecular flexibility index (Phi) is 4.25. The van der Waals surface area contributed by atoms with E-state index < -0.39 is 0 Å². The summed E-state index contributed by atoms with van der Waals surface area (Å²) in [7, 11) is 1.65. The lowest BCUT2D eigenvalue weighted by Crippen LogP contribution is -1.95. The Bertz CT molecular complexity index is 778. The molecule has 3 aromatic rings. The van der Waals surface area contributed by atoms with Gasteiger partial charge in [0.05, 0.1) is 17.6 Å². The Morgan fingerprint density at radius 1 is 1.05 bits per heavy atom. The standard InChI is InChI=1S/C18H18ClNO2/c1-3-20-11-13(16-5-4-6-17(19)18(16)20)12-22-15-9-7-14(21-2)8-10-15/h4-11H,3,12H2,1-2H3. The molecule has 1 aromatic heterocycles. The summed E-state index contributed by atoms with van der Waals surface area (Å²) in [5.41, 5.74) is 2.20. The fraction of sp³-hybridized carbons (Fsp3) is 0.222. The largest absolute Gasteiger partial charge is 0.497 e. The van der Waals surface area contributed by atoms with Crippen LogP contribution in [-0.4, -0.2) is 11.7 Å². The van der Waals surface area contributed by atoms with Crippen LogP contribution < -0.4 is 9.47 Å². The third kappa shape index (κ3) is 2.77. The SMILES string of the molecule is CCn1cc(COc2ccc(OC)cc2)c2cccc(Cl)c21. The molecule has 114 valence electrons. The van der Waals surface area contributed by atoms with Crippen LogP contribution in [-0.2, 0) is 13.2 Å². The predicted octanol–water partition coefficient (Wildman–Crippen LogP) is 4.90. The number of ether oxygens (including phenoxy) is 2. The van der Waals surface area contributed by atoms with Gasteiger partial charge in [0.2, 0.25) is 0 Å². The number of hydrogen-bond acceptors (Lipinski definition) is 2. The van der Waals surface area contributed by atoms with Crippen LogP contribution >= 0.6 is 11.6 Å². The van der Waals surface area contributed by atoms with Crippen molar-refractivity contribution in [3.8, 4) is 11.5 Å². The molecular weight excluding hydrogens is 298 g/mol. The zero-order chi connectivity index (χ0) is 15.5. The van der Waals surface area contributed by atoms with E-state index >= 15 is 0 Å². The van der Waals surface area contributed by atoms with Crippen molar-refractivity contribution in [3.05, 3.63) is 59.2 Å². The van der Waals surface area contributed by atoms with Crippen molar-refractivity contribution in [3.63, 3.8) is 0 Å². The molecule has 0 aliphatic heterocycles. The number of fused-ring (bicyclic) bond motifs is 1. The van der Waals surface area contributed by atoms with Crippen LogP contribution in [0.2, 0.25) is 5.02 Å². The third-order valence-corrected chi connectivity index (χ3v) is 4.03. The first-order valence-corrected chi connectivity index (χ1v) is 7.63. The second kappa shape index (κ2) is 6.32. The summed E-state index contributed by atoms with van der Waals surface area (Å²) in [6.07, 6.45) is 2.11. The second-order valence-corrected chi connectivity index (χ2v) is 5.45. The van der Waals surface area contributed by atoms with Gasteiger partial charge in [-0.25, -0.2) is 0 Å². The van der Waals surface area contributed by atoms with E-state index in [0.29, 0.717) is 6.61 Å². The molecule has 0 saturated carbocycles. The molecule has 0 bridgehead atoms. The quantitative estimate of drug-likeness (QED) is 0.668. The van der Waals surface area contributed by atoms with Crippen molar-refractivity contribution in [2.24, 2.45) is 0 Å². The number of benzene rings is 2. The summed E-state index contributed by atoms with van der Waals surface area (Å²) in [6, 6.07) is 13.6. The first-order chi connectivity index (χ1) is 10.7. The Morgan fingerprint density at radius 2 is 1.77 bits per heavy atom. The van der Waals surface area contributed by atoms with Gasteiger partial charge in [0.1, 0.15) is 18.1 Å². The zero-order valence-electron chi connectivity index (χ0n) is 12.7. The topological polar surface area (TPSA) is 23.4 Å². The molecule has 0 aliphatic rings. The normalized spacial score (nSPS) is 10.9. The molecule has 0 N–H and O–H groups in total. The van der Waals surface area contributed by atoms with Gasteiger partial charge in [0, 0.05) is 23.7 Å². The summed E-state index contributed by atoms with van der Waals surface area (Å²) in [5, 5.41) is 1.91. The minimum Gasteiger partial charge on any atom is -0.497 e. The van der Waals surface area contributed by atoms with E-state index in [-0.39, 0.29) is 0 Å². The van der Waals surface area contributed by atoms with Gasteiger partial charge in [0.15, 0.2) is 0 Å². The highest BCUT2D eigenvalue weighted by atomic mass is 35.5. The molecule has 0 radical (unpaired) electrons. The lowest BCUT2D eigenvalue weighted by molar-refractivity contribution is 0.306. The van der Waals surface area contributed by atoms with Crippen molar-refractivity contribution in [2.45, 2.75) is 20.1 Å². The zero-order valence-corrected chi connectivity index (χ0v) is 13.4. The van der Waals surface area contributed by atoms with Gasteiger partial charge < -0.3 is 14.0 Å². The Labute approximate surface area is 135 Å². The summed E-state index contributed by atoms with van der Waals surface area (Å²) >= 11 is 6.33. The maximum atomic E-state index is 6.33. The maximum absolute atomic E-state index is 6.33. The first kappa shape index (κ1) is 14.8. The van der Waals surface area contributed by atoms with E-state index in [1.165, 1.54) is 0 Å². The third-order valence-electron chi connectivity index (χ3n) is 3.73. The molecule has 4 heteroatoms. The number of hydrogen-bond donors (Lipinski definition) is 0. The van der Waals surface area contributed by atoms with E-state index in [1.807, 2.05) is 36.4 Å². The van der Waals surface area contributed by atoms with Crippen LogP contribution in [0.4, 0.5) is 0 Å². The Balaban J connectivity index is 1.86. The highest BCUT2D eigenvalue weighted by molar-refractivity contribution is 6.35. The molecule has 2 aromatic carbocycles. The number of nitrogens with zero attached hydrogens (tertiary/aromatic N) is 1. The molecule has 0 amide bonds. The van der Waals surface area contributed by atoms with Crippen molar-refractivity contribution in [2.75, 3.05) is 7.11 Å². The summed E-state index contributed by atoms with van der Waals surface area (Å²) in [5.74, 6) is 1.64. The number of rotatable bonds is 5. The molecule has 22 heavy (non-hydrogen) atoms. The fourth-order valence-electron chi connectivity index (χ4n) is 2.59. The maximum Gasteiger partial charge on any atom is 0.120 e. The number of methoxy groups -OCH3 is 1. The van der Waals surface area contributed by atoms with Crippen LogP contribution in [0.25, 0.3) is 10.9 Å². The van der Waals surface area contributed by atoms with Gasteiger partial charge in [-0.1, -0.05) is 23.7 Å². The van der Waals surface area contributed by atoms with Gasteiger partial charge in [-0.15, -0.1) is 0 Å². The van der Waals surface area contributed by atoms with Crippen LogP contribution in [0.15, 0.2) is 48.7 Å². The molecule has 1 heterocycles. The van der Waals surface area contributed by atoms with E-state index in [1.54, 1.807) is 7.11 Å². The summed E-state index contributed by atoms with van der Waals surface area (Å²) in [6.45, 7) is 3.50. The van der Waals surface area contributed by atoms with E-state index in [0.717, 1.165) is 39.5 Å². The average Bonchev–Trinajstić information content (AvgIpc) is 2.93. The van der Waals surface area contributed by atoms with Crippen LogP contribution in [0.1, 0.15) is 12.5 Å². The summed E-state index contributed by atoms with van der Waals surface area (Å²) in [4.78, 5) is 0. The molecule has 3 nitrogen and oxygen atoms in total. The Morgan fingerprint density at radius 3 is 2.45 bits per heavy atom. The van der Waals surface area contributed by atoms with Crippen molar-refractivity contribution >= 4 is 22.5 Å². The lowest BCUT2D eigenvalue weighted by Gasteiger charge is -2.06. The molecule has 0 aliphatic carbocycles. The molecule has 0 saturated heterocycles. The van der Waals surface area contributed by atoms with E-state index in [4.69, 9.17) is 21.1 Å². The monoisotopic (exact) mass is 315 g/mol.